The van der Waals surface area contributed by atoms with Gasteiger partial charge in [-0.1, -0.05) is 18.2 Å². The third kappa shape index (κ3) is 2.22. The molecule has 1 atom stereocenters. The molecule has 1 unspecified atom stereocenters. The number of benzene rings is 1. The molecule has 17 heavy (non-hydrogen) atoms. The molecule has 0 bridgehead atoms. The van der Waals surface area contributed by atoms with Crippen LogP contribution in [-0.4, -0.2) is 35.7 Å². The predicted octanol–water partition coefficient (Wildman–Crippen LogP) is 1.90. The summed E-state index contributed by atoms with van der Waals surface area (Å²) < 4.78 is 5.20. The molecule has 5 nitrogen and oxygen atoms in total. The number of carboxylic acid groups (broad SMARTS) is 1. The van der Waals surface area contributed by atoms with Gasteiger partial charge in [0.15, 0.2) is 0 Å². The van der Waals surface area contributed by atoms with Crippen molar-refractivity contribution in [1.29, 1.82) is 0 Å². The van der Waals surface area contributed by atoms with Crippen molar-refractivity contribution < 1.29 is 19.4 Å². The minimum atomic E-state index is -1.00. The smallest absolute Gasteiger partial charge is 0.410 e. The molecule has 0 aliphatic carbocycles. The number of amides is 1. The molecule has 0 spiro atoms. The summed E-state index contributed by atoms with van der Waals surface area (Å²) in [5.41, 5.74) is 0.747. The van der Waals surface area contributed by atoms with Crippen LogP contribution in [0.3, 0.4) is 0 Å². The van der Waals surface area contributed by atoms with Gasteiger partial charge < -0.3 is 14.7 Å². The number of cyclic esters (lactones) is 1. The Morgan fingerprint density at radius 3 is 2.82 bits per heavy atom. The molecule has 0 saturated carbocycles. The quantitative estimate of drug-likeness (QED) is 0.850. The Morgan fingerprint density at radius 1 is 1.47 bits per heavy atom. The number of rotatable bonds is 2. The molecule has 90 valence electrons. The largest absolute Gasteiger partial charge is 0.478 e. The summed E-state index contributed by atoms with van der Waals surface area (Å²) in [6, 6.07) is 6.61. The maximum Gasteiger partial charge on any atom is 0.410 e. The van der Waals surface area contributed by atoms with E-state index in [1.807, 2.05) is 0 Å². The molecule has 2 rings (SSSR count). The van der Waals surface area contributed by atoms with E-state index >= 15 is 0 Å². The van der Waals surface area contributed by atoms with Crippen molar-refractivity contribution in [3.05, 3.63) is 35.4 Å². The van der Waals surface area contributed by atoms with Crippen molar-refractivity contribution in [2.45, 2.75) is 12.5 Å². The van der Waals surface area contributed by atoms with Gasteiger partial charge in [-0.25, -0.2) is 9.59 Å². The zero-order valence-corrected chi connectivity index (χ0v) is 9.42. The monoisotopic (exact) mass is 235 g/mol. The van der Waals surface area contributed by atoms with Crippen LogP contribution in [0, 0.1) is 0 Å². The van der Waals surface area contributed by atoms with Gasteiger partial charge in [0.1, 0.15) is 6.10 Å². The molecule has 1 aromatic rings. The van der Waals surface area contributed by atoms with Gasteiger partial charge in [0.2, 0.25) is 0 Å². The highest BCUT2D eigenvalue weighted by Crippen LogP contribution is 2.28. The van der Waals surface area contributed by atoms with Gasteiger partial charge in [-0.15, -0.1) is 0 Å². The van der Waals surface area contributed by atoms with E-state index < -0.39 is 18.2 Å². The highest BCUT2D eigenvalue weighted by atomic mass is 16.6. The minimum absolute atomic E-state index is 0.190. The fourth-order valence-corrected chi connectivity index (χ4v) is 1.86. The van der Waals surface area contributed by atoms with Crippen LogP contribution in [0.1, 0.15) is 28.4 Å². The van der Waals surface area contributed by atoms with E-state index in [2.05, 4.69) is 0 Å². The third-order valence-electron chi connectivity index (χ3n) is 2.82. The van der Waals surface area contributed by atoms with E-state index in [1.165, 1.54) is 11.0 Å². The fourth-order valence-electron chi connectivity index (χ4n) is 1.86. The van der Waals surface area contributed by atoms with Crippen LogP contribution in [0.4, 0.5) is 4.79 Å². The van der Waals surface area contributed by atoms with Gasteiger partial charge in [-0.05, 0) is 6.07 Å². The van der Waals surface area contributed by atoms with Crippen LogP contribution in [0.15, 0.2) is 24.3 Å². The number of hydrogen-bond acceptors (Lipinski definition) is 3. The maximum atomic E-state index is 11.4. The second-order valence-electron chi connectivity index (χ2n) is 3.98. The number of nitrogens with zero attached hydrogens (tertiary/aromatic N) is 1. The second kappa shape index (κ2) is 4.45. The van der Waals surface area contributed by atoms with Gasteiger partial charge >= 0.3 is 12.1 Å². The van der Waals surface area contributed by atoms with Crippen LogP contribution in [-0.2, 0) is 4.74 Å². The van der Waals surface area contributed by atoms with Gasteiger partial charge in [-0.3, -0.25) is 0 Å². The molecule has 1 amide bonds. The summed E-state index contributed by atoms with van der Waals surface area (Å²) in [6.45, 7) is 0.567. The Hall–Kier alpha value is -2.04. The molecule has 1 saturated heterocycles. The van der Waals surface area contributed by atoms with E-state index in [1.54, 1.807) is 25.2 Å². The summed E-state index contributed by atoms with van der Waals surface area (Å²) in [7, 11) is 1.65. The Bertz CT molecular complexity index is 458. The van der Waals surface area contributed by atoms with Crippen molar-refractivity contribution in [2.24, 2.45) is 0 Å². The molecular formula is C12H13NO4. The highest BCUT2D eigenvalue weighted by molar-refractivity contribution is 5.89. The van der Waals surface area contributed by atoms with E-state index in [0.29, 0.717) is 18.5 Å². The highest BCUT2D eigenvalue weighted by Gasteiger charge is 2.28. The lowest BCUT2D eigenvalue weighted by molar-refractivity contribution is 0.0311. The van der Waals surface area contributed by atoms with E-state index in [9.17, 15) is 9.59 Å². The summed E-state index contributed by atoms with van der Waals surface area (Å²) >= 11 is 0. The Labute approximate surface area is 98.6 Å². The first-order valence-electron chi connectivity index (χ1n) is 5.33. The molecule has 1 N–H and O–H groups in total. The van der Waals surface area contributed by atoms with Crippen LogP contribution in [0.2, 0.25) is 0 Å². The van der Waals surface area contributed by atoms with Crippen LogP contribution in [0.5, 0.6) is 0 Å². The number of hydrogen-bond donors (Lipinski definition) is 1. The Balaban J connectivity index is 2.29. The summed E-state index contributed by atoms with van der Waals surface area (Å²) in [4.78, 5) is 23.9. The summed E-state index contributed by atoms with van der Waals surface area (Å²) in [5.74, 6) is -1.00. The average molecular weight is 235 g/mol. The van der Waals surface area contributed by atoms with Crippen molar-refractivity contribution in [2.75, 3.05) is 13.6 Å². The molecule has 5 heteroatoms. The SMILES string of the molecule is CN1CCC(c2ccccc2C(=O)O)OC1=O. The van der Waals surface area contributed by atoms with Gasteiger partial charge in [0.05, 0.1) is 5.56 Å². The topological polar surface area (TPSA) is 66.8 Å². The molecule has 1 fully saturated rings. The average Bonchev–Trinajstić information content (AvgIpc) is 2.32. The molecule has 1 aliphatic heterocycles. The molecule has 1 aromatic carbocycles. The number of aromatic carboxylic acids is 1. The molecular weight excluding hydrogens is 222 g/mol. The first-order chi connectivity index (χ1) is 8.09. The number of carbonyl (C=O) groups is 2. The maximum absolute atomic E-state index is 11.4. The molecule has 0 aromatic heterocycles. The van der Waals surface area contributed by atoms with Crippen LogP contribution < -0.4 is 0 Å². The van der Waals surface area contributed by atoms with Gasteiger partial charge in [0, 0.05) is 25.6 Å². The van der Waals surface area contributed by atoms with Gasteiger partial charge in [0.25, 0.3) is 0 Å². The van der Waals surface area contributed by atoms with Crippen molar-refractivity contribution in [3.8, 4) is 0 Å². The number of ether oxygens (including phenoxy) is 1. The standard InChI is InChI=1S/C12H13NO4/c1-13-7-6-10(17-12(13)16)8-4-2-3-5-9(8)11(14)15/h2-5,10H,6-7H2,1H3,(H,14,15). The summed E-state index contributed by atoms with van der Waals surface area (Å²) in [5, 5.41) is 9.06. The lowest BCUT2D eigenvalue weighted by Crippen LogP contribution is -2.36. The zero-order valence-electron chi connectivity index (χ0n) is 9.42. The fraction of sp³-hybridized carbons (Fsp3) is 0.333. The third-order valence-corrected chi connectivity index (χ3v) is 2.82. The van der Waals surface area contributed by atoms with Crippen molar-refractivity contribution >= 4 is 12.1 Å². The zero-order chi connectivity index (χ0) is 12.4. The lowest BCUT2D eigenvalue weighted by Gasteiger charge is -2.29. The molecule has 0 radical (unpaired) electrons. The first kappa shape index (κ1) is 11.4. The van der Waals surface area contributed by atoms with Crippen molar-refractivity contribution in [1.82, 2.24) is 4.90 Å². The van der Waals surface area contributed by atoms with E-state index in [0.717, 1.165) is 0 Å². The first-order valence-corrected chi connectivity index (χ1v) is 5.33. The normalized spacial score (nSPS) is 19.9. The molecule has 1 heterocycles. The van der Waals surface area contributed by atoms with Crippen molar-refractivity contribution in [3.63, 3.8) is 0 Å². The lowest BCUT2D eigenvalue weighted by atomic mass is 9.99. The Kier molecular flexibility index (Phi) is 2.99. The number of carbonyl (C=O) groups excluding carboxylic acids is 1. The van der Waals surface area contributed by atoms with Gasteiger partial charge in [-0.2, -0.15) is 0 Å². The Morgan fingerprint density at radius 2 is 2.18 bits per heavy atom. The van der Waals surface area contributed by atoms with Crippen LogP contribution in [0.25, 0.3) is 0 Å². The minimum Gasteiger partial charge on any atom is -0.478 e. The van der Waals surface area contributed by atoms with E-state index in [4.69, 9.17) is 9.84 Å². The number of carboxylic acids is 1. The molecule has 1 aliphatic rings. The second-order valence-corrected chi connectivity index (χ2v) is 3.98. The van der Waals surface area contributed by atoms with Crippen LogP contribution >= 0.6 is 0 Å². The summed E-state index contributed by atoms with van der Waals surface area (Å²) in [6.07, 6.45) is -0.278. The van der Waals surface area contributed by atoms with E-state index in [-0.39, 0.29) is 5.56 Å². The predicted molar refractivity (Wildman–Crippen MR) is 59.9 cm³/mol.